The summed E-state index contributed by atoms with van der Waals surface area (Å²) in [5.41, 5.74) is 5.98. The first-order chi connectivity index (χ1) is 8.45. The van der Waals surface area contributed by atoms with E-state index in [1.54, 1.807) is 6.07 Å². The molecule has 1 fully saturated rings. The molecule has 0 saturated heterocycles. The van der Waals surface area contributed by atoms with Gasteiger partial charge in [-0.25, -0.2) is 0 Å². The number of nitrogens with two attached hydrogens (primary N) is 1. The second kappa shape index (κ2) is 4.86. The molecule has 1 aromatic carbocycles. The van der Waals surface area contributed by atoms with Gasteiger partial charge in [0.2, 0.25) is 5.91 Å². The van der Waals surface area contributed by atoms with Crippen molar-refractivity contribution < 1.29 is 4.79 Å². The smallest absolute Gasteiger partial charge is 0.233 e. The molecule has 0 spiro atoms. The van der Waals surface area contributed by atoms with Gasteiger partial charge < -0.3 is 11.1 Å². The van der Waals surface area contributed by atoms with E-state index in [-0.39, 0.29) is 11.9 Å². The van der Waals surface area contributed by atoms with E-state index >= 15 is 0 Å². The lowest BCUT2D eigenvalue weighted by Gasteiger charge is -2.19. The van der Waals surface area contributed by atoms with Gasteiger partial charge in [-0.2, -0.15) is 0 Å². The van der Waals surface area contributed by atoms with E-state index in [1.165, 1.54) is 0 Å². The number of rotatable bonds is 4. The number of nitrogens with one attached hydrogen (secondary N) is 1. The van der Waals surface area contributed by atoms with Crippen molar-refractivity contribution in [2.75, 3.05) is 0 Å². The number of thiocarbonyl (C=S) groups is 1. The number of amides is 1. The number of carbonyl (C=O) groups excluding carboxylic acids is 1. The Morgan fingerprint density at radius 3 is 2.72 bits per heavy atom. The normalized spacial score (nSPS) is 17.9. The fourth-order valence-electron chi connectivity index (χ4n) is 1.90. The Bertz CT molecular complexity index is 500. The zero-order chi connectivity index (χ0) is 13.3. The van der Waals surface area contributed by atoms with E-state index in [4.69, 9.17) is 29.6 Å². The van der Waals surface area contributed by atoms with E-state index in [2.05, 4.69) is 5.32 Å². The quantitative estimate of drug-likeness (QED) is 0.835. The predicted octanol–water partition coefficient (Wildman–Crippen LogP) is 2.58. The van der Waals surface area contributed by atoms with Gasteiger partial charge in [-0.05, 0) is 37.5 Å². The molecule has 0 aliphatic heterocycles. The monoisotopic (exact) mass is 282 g/mol. The standard InChI is InChI=1S/C13H15ClN2OS/c1-8(9-3-2-4-10(14)7-9)16-12(17)13(5-6-13)11(15)18/h2-4,7-8H,5-6H2,1H3,(H2,15,18)(H,16,17). The summed E-state index contributed by atoms with van der Waals surface area (Å²) in [5, 5.41) is 3.60. The van der Waals surface area contributed by atoms with E-state index in [0.29, 0.717) is 10.0 Å². The minimum atomic E-state index is -0.609. The van der Waals surface area contributed by atoms with Crippen molar-refractivity contribution in [3.63, 3.8) is 0 Å². The summed E-state index contributed by atoms with van der Waals surface area (Å²) in [7, 11) is 0. The predicted molar refractivity (Wildman–Crippen MR) is 76.5 cm³/mol. The Morgan fingerprint density at radius 1 is 1.56 bits per heavy atom. The molecule has 3 nitrogen and oxygen atoms in total. The second-order valence-electron chi connectivity index (χ2n) is 4.70. The van der Waals surface area contributed by atoms with Crippen LogP contribution >= 0.6 is 23.8 Å². The summed E-state index contributed by atoms with van der Waals surface area (Å²) in [6.07, 6.45) is 1.49. The van der Waals surface area contributed by atoms with Crippen molar-refractivity contribution in [2.24, 2.45) is 11.1 Å². The molecule has 18 heavy (non-hydrogen) atoms. The summed E-state index contributed by atoms with van der Waals surface area (Å²) in [4.78, 5) is 12.4. The zero-order valence-electron chi connectivity index (χ0n) is 10.1. The van der Waals surface area contributed by atoms with Gasteiger partial charge in [0.25, 0.3) is 0 Å². The highest BCUT2D eigenvalue weighted by Gasteiger charge is 2.52. The molecule has 0 radical (unpaired) electrons. The van der Waals surface area contributed by atoms with E-state index in [0.717, 1.165) is 18.4 Å². The summed E-state index contributed by atoms with van der Waals surface area (Å²) in [6, 6.07) is 7.32. The lowest BCUT2D eigenvalue weighted by molar-refractivity contribution is -0.124. The Hall–Kier alpha value is -1.13. The number of hydrogen-bond acceptors (Lipinski definition) is 2. The van der Waals surface area contributed by atoms with Crippen LogP contribution < -0.4 is 11.1 Å². The Labute approximate surface area is 117 Å². The van der Waals surface area contributed by atoms with E-state index < -0.39 is 5.41 Å². The van der Waals surface area contributed by atoms with Gasteiger partial charge in [0.15, 0.2) is 0 Å². The van der Waals surface area contributed by atoms with Crippen LogP contribution in [-0.2, 0) is 4.79 Å². The molecule has 0 aromatic heterocycles. The van der Waals surface area contributed by atoms with Gasteiger partial charge in [0.1, 0.15) is 0 Å². The van der Waals surface area contributed by atoms with Gasteiger partial charge in [-0.3, -0.25) is 4.79 Å². The molecule has 1 unspecified atom stereocenters. The summed E-state index contributed by atoms with van der Waals surface area (Å²) in [6.45, 7) is 1.92. The van der Waals surface area contributed by atoms with Gasteiger partial charge in [-0.1, -0.05) is 36.0 Å². The lowest BCUT2D eigenvalue weighted by Crippen LogP contribution is -2.40. The first-order valence-electron chi connectivity index (χ1n) is 5.82. The molecule has 1 atom stereocenters. The van der Waals surface area contributed by atoms with Crippen molar-refractivity contribution in [2.45, 2.75) is 25.8 Å². The van der Waals surface area contributed by atoms with Crippen LogP contribution in [0.5, 0.6) is 0 Å². The minimum Gasteiger partial charge on any atom is -0.392 e. The highest BCUT2D eigenvalue weighted by Crippen LogP contribution is 2.46. The van der Waals surface area contributed by atoms with Crippen molar-refractivity contribution >= 4 is 34.7 Å². The molecular weight excluding hydrogens is 268 g/mol. The van der Waals surface area contributed by atoms with Crippen LogP contribution in [0.25, 0.3) is 0 Å². The molecule has 1 saturated carbocycles. The van der Waals surface area contributed by atoms with Crippen LogP contribution in [-0.4, -0.2) is 10.9 Å². The molecule has 0 bridgehead atoms. The summed E-state index contributed by atoms with van der Waals surface area (Å²) >= 11 is 10.9. The fraction of sp³-hybridized carbons (Fsp3) is 0.385. The largest absolute Gasteiger partial charge is 0.392 e. The number of carbonyl (C=O) groups is 1. The van der Waals surface area contributed by atoms with E-state index in [1.807, 2.05) is 25.1 Å². The van der Waals surface area contributed by atoms with Crippen molar-refractivity contribution in [1.29, 1.82) is 0 Å². The van der Waals surface area contributed by atoms with Crippen molar-refractivity contribution in [3.8, 4) is 0 Å². The maximum absolute atomic E-state index is 12.1. The average Bonchev–Trinajstić information content (AvgIpc) is 3.09. The third-order valence-electron chi connectivity index (χ3n) is 3.35. The SMILES string of the molecule is CC(NC(=O)C1(C(N)=S)CC1)c1cccc(Cl)c1. The van der Waals surface area contributed by atoms with Crippen LogP contribution in [0, 0.1) is 5.41 Å². The first-order valence-corrected chi connectivity index (χ1v) is 6.61. The highest BCUT2D eigenvalue weighted by molar-refractivity contribution is 7.80. The Kier molecular flexibility index (Phi) is 3.59. The zero-order valence-corrected chi connectivity index (χ0v) is 11.6. The van der Waals surface area contributed by atoms with Gasteiger partial charge in [-0.15, -0.1) is 0 Å². The first kappa shape index (κ1) is 13.3. The topological polar surface area (TPSA) is 55.1 Å². The summed E-state index contributed by atoms with van der Waals surface area (Å²) in [5.74, 6) is -0.0810. The molecule has 3 N–H and O–H groups in total. The van der Waals surface area contributed by atoms with Crippen LogP contribution in [0.1, 0.15) is 31.4 Å². The van der Waals surface area contributed by atoms with Gasteiger partial charge in [0, 0.05) is 5.02 Å². The molecule has 1 amide bonds. The Morgan fingerprint density at radius 2 is 2.22 bits per heavy atom. The number of hydrogen-bond donors (Lipinski definition) is 2. The molecule has 2 rings (SSSR count). The third-order valence-corrected chi connectivity index (χ3v) is 3.98. The second-order valence-corrected chi connectivity index (χ2v) is 5.57. The molecule has 96 valence electrons. The molecule has 1 aromatic rings. The fourth-order valence-corrected chi connectivity index (χ4v) is 2.40. The molecular formula is C13H15ClN2OS. The lowest BCUT2D eigenvalue weighted by atomic mass is 10.0. The maximum atomic E-state index is 12.1. The average molecular weight is 283 g/mol. The van der Waals surface area contributed by atoms with Crippen LogP contribution in [0.4, 0.5) is 0 Å². The highest BCUT2D eigenvalue weighted by atomic mass is 35.5. The van der Waals surface area contributed by atoms with Crippen LogP contribution in [0.15, 0.2) is 24.3 Å². The third kappa shape index (κ3) is 2.49. The van der Waals surface area contributed by atoms with E-state index in [9.17, 15) is 4.79 Å². The summed E-state index contributed by atoms with van der Waals surface area (Å²) < 4.78 is 0. The Balaban J connectivity index is 2.06. The maximum Gasteiger partial charge on any atom is 0.233 e. The molecule has 0 heterocycles. The minimum absolute atomic E-state index is 0.0810. The molecule has 1 aliphatic rings. The molecule has 1 aliphatic carbocycles. The van der Waals surface area contributed by atoms with Crippen molar-refractivity contribution in [1.82, 2.24) is 5.32 Å². The molecule has 5 heteroatoms. The van der Waals surface area contributed by atoms with Crippen molar-refractivity contribution in [3.05, 3.63) is 34.9 Å². The van der Waals surface area contributed by atoms with Crippen LogP contribution in [0.2, 0.25) is 5.02 Å². The van der Waals surface area contributed by atoms with Gasteiger partial charge >= 0.3 is 0 Å². The van der Waals surface area contributed by atoms with Gasteiger partial charge in [0.05, 0.1) is 16.4 Å². The number of benzene rings is 1. The van der Waals surface area contributed by atoms with Crippen LogP contribution in [0.3, 0.4) is 0 Å². The number of halogens is 1.